The normalized spacial score (nSPS) is 14.9. The number of hydrogen-bond donors (Lipinski definition) is 0. The fraction of sp³-hybridized carbons (Fsp3) is 0.917. The van der Waals surface area contributed by atoms with Gasteiger partial charge in [0.25, 0.3) is 0 Å². The lowest BCUT2D eigenvalue weighted by atomic mass is 10.3. The van der Waals surface area contributed by atoms with Gasteiger partial charge in [-0.05, 0) is 39.8 Å². The summed E-state index contributed by atoms with van der Waals surface area (Å²) in [6.45, 7) is 11.2. The molecular weight excluding hydrogens is 188 g/mol. The average Bonchev–Trinajstić information content (AvgIpc) is 2.75. The number of carbonyl (C=O) groups is 1. The highest BCUT2D eigenvalue weighted by Gasteiger charge is 2.13. The molecule has 0 aromatic rings. The molecular formula is C12H28N2O. The summed E-state index contributed by atoms with van der Waals surface area (Å²) >= 11 is 0. The van der Waals surface area contributed by atoms with Crippen molar-refractivity contribution in [3.63, 3.8) is 0 Å². The van der Waals surface area contributed by atoms with E-state index in [2.05, 4.69) is 18.7 Å². The molecule has 0 unspecified atom stereocenters. The SMILES string of the molecule is CC.CC(C)N1CCCC1.CN(C)C=O. The lowest BCUT2D eigenvalue weighted by molar-refractivity contribution is -0.115. The van der Waals surface area contributed by atoms with Gasteiger partial charge in [0.1, 0.15) is 0 Å². The zero-order valence-corrected chi connectivity index (χ0v) is 11.3. The molecule has 0 aromatic carbocycles. The van der Waals surface area contributed by atoms with Crippen LogP contribution in [0.5, 0.6) is 0 Å². The quantitative estimate of drug-likeness (QED) is 0.661. The first-order valence-corrected chi connectivity index (χ1v) is 5.93. The van der Waals surface area contributed by atoms with Crippen molar-refractivity contribution in [2.45, 2.75) is 46.6 Å². The molecule has 3 nitrogen and oxygen atoms in total. The van der Waals surface area contributed by atoms with E-state index >= 15 is 0 Å². The van der Waals surface area contributed by atoms with E-state index in [9.17, 15) is 4.79 Å². The maximum Gasteiger partial charge on any atom is 0.209 e. The molecule has 1 aliphatic heterocycles. The standard InChI is InChI=1S/C7H15N.C3H7NO.C2H6/c1-7(2)8-5-3-4-6-8;1-4(2)3-5;1-2/h7H,3-6H2,1-2H3;3H,1-2H3;1-2H3. The van der Waals surface area contributed by atoms with Gasteiger partial charge in [-0.25, -0.2) is 0 Å². The molecule has 0 saturated carbocycles. The van der Waals surface area contributed by atoms with Gasteiger partial charge in [0, 0.05) is 20.1 Å². The van der Waals surface area contributed by atoms with Crippen LogP contribution in [0.4, 0.5) is 0 Å². The van der Waals surface area contributed by atoms with Crippen LogP contribution in [0.3, 0.4) is 0 Å². The number of amides is 1. The number of likely N-dealkylation sites (tertiary alicyclic amines) is 1. The van der Waals surface area contributed by atoms with E-state index in [-0.39, 0.29) is 0 Å². The predicted octanol–water partition coefficient (Wildman–Crippen LogP) is 2.22. The highest BCUT2D eigenvalue weighted by molar-refractivity contribution is 5.45. The summed E-state index contributed by atoms with van der Waals surface area (Å²) < 4.78 is 0. The monoisotopic (exact) mass is 216 g/mol. The van der Waals surface area contributed by atoms with Crippen molar-refractivity contribution in [3.05, 3.63) is 0 Å². The Hall–Kier alpha value is -0.570. The first kappa shape index (κ1) is 16.8. The Morgan fingerprint density at radius 1 is 1.13 bits per heavy atom. The van der Waals surface area contributed by atoms with Gasteiger partial charge in [0.15, 0.2) is 0 Å². The molecule has 0 aromatic heterocycles. The number of nitrogens with zero attached hydrogens (tertiary/aromatic N) is 2. The third-order valence-corrected chi connectivity index (χ3v) is 2.08. The average molecular weight is 216 g/mol. The van der Waals surface area contributed by atoms with Crippen molar-refractivity contribution in [1.82, 2.24) is 9.80 Å². The highest BCUT2D eigenvalue weighted by Crippen LogP contribution is 2.09. The Morgan fingerprint density at radius 2 is 1.47 bits per heavy atom. The van der Waals surface area contributed by atoms with Crippen molar-refractivity contribution >= 4 is 6.41 Å². The minimum Gasteiger partial charge on any atom is -0.351 e. The van der Waals surface area contributed by atoms with Gasteiger partial charge in [-0.2, -0.15) is 0 Å². The molecule has 1 fully saturated rings. The first-order chi connectivity index (χ1) is 7.07. The predicted molar refractivity (Wildman–Crippen MR) is 67.0 cm³/mol. The zero-order chi connectivity index (χ0) is 12.3. The topological polar surface area (TPSA) is 23.6 Å². The Balaban J connectivity index is 0. The van der Waals surface area contributed by atoms with E-state index in [0.29, 0.717) is 0 Å². The largest absolute Gasteiger partial charge is 0.351 e. The Labute approximate surface area is 95.4 Å². The summed E-state index contributed by atoms with van der Waals surface area (Å²) in [5, 5.41) is 0. The Kier molecular flexibility index (Phi) is 12.9. The molecule has 0 atom stereocenters. The minimum absolute atomic E-state index is 0.750. The van der Waals surface area contributed by atoms with Gasteiger partial charge in [-0.1, -0.05) is 13.8 Å². The maximum absolute atomic E-state index is 9.43. The molecule has 1 heterocycles. The minimum atomic E-state index is 0.750. The Morgan fingerprint density at radius 3 is 1.60 bits per heavy atom. The third-order valence-electron chi connectivity index (χ3n) is 2.08. The van der Waals surface area contributed by atoms with Gasteiger partial charge < -0.3 is 9.80 Å². The van der Waals surface area contributed by atoms with Crippen LogP contribution in [0, 0.1) is 0 Å². The van der Waals surface area contributed by atoms with Crippen molar-refractivity contribution in [2.24, 2.45) is 0 Å². The second-order valence-corrected chi connectivity index (χ2v) is 3.91. The van der Waals surface area contributed by atoms with Crippen LogP contribution in [-0.4, -0.2) is 49.4 Å². The Bertz CT molecular complexity index is 130. The van der Waals surface area contributed by atoms with Crippen LogP contribution in [0.2, 0.25) is 0 Å². The second-order valence-electron chi connectivity index (χ2n) is 3.91. The molecule has 92 valence electrons. The van der Waals surface area contributed by atoms with Crippen LogP contribution < -0.4 is 0 Å². The van der Waals surface area contributed by atoms with E-state index in [0.717, 1.165) is 12.5 Å². The van der Waals surface area contributed by atoms with Crippen molar-refractivity contribution < 1.29 is 4.79 Å². The molecule has 0 aliphatic carbocycles. The third kappa shape index (κ3) is 11.4. The molecule has 1 amide bonds. The molecule has 1 aliphatic rings. The van der Waals surface area contributed by atoms with E-state index in [1.807, 2.05) is 13.8 Å². The summed E-state index contributed by atoms with van der Waals surface area (Å²) in [6.07, 6.45) is 3.58. The fourth-order valence-corrected chi connectivity index (χ4v) is 1.26. The van der Waals surface area contributed by atoms with E-state index < -0.39 is 0 Å². The first-order valence-electron chi connectivity index (χ1n) is 5.93. The molecule has 0 radical (unpaired) electrons. The number of rotatable bonds is 2. The van der Waals surface area contributed by atoms with Crippen LogP contribution in [0.25, 0.3) is 0 Å². The van der Waals surface area contributed by atoms with Crippen molar-refractivity contribution in [2.75, 3.05) is 27.2 Å². The van der Waals surface area contributed by atoms with Crippen LogP contribution in [-0.2, 0) is 4.79 Å². The van der Waals surface area contributed by atoms with Gasteiger partial charge >= 0.3 is 0 Å². The summed E-state index contributed by atoms with van der Waals surface area (Å²) in [7, 11) is 3.38. The maximum atomic E-state index is 9.43. The highest BCUT2D eigenvalue weighted by atomic mass is 16.1. The molecule has 0 bridgehead atoms. The van der Waals surface area contributed by atoms with Gasteiger partial charge in [-0.15, -0.1) is 0 Å². The lowest BCUT2D eigenvalue weighted by Crippen LogP contribution is -2.26. The summed E-state index contributed by atoms with van der Waals surface area (Å²) in [5.74, 6) is 0. The molecule has 0 N–H and O–H groups in total. The van der Waals surface area contributed by atoms with E-state index in [4.69, 9.17) is 0 Å². The number of carbonyl (C=O) groups excluding carboxylic acids is 1. The fourth-order valence-electron chi connectivity index (χ4n) is 1.26. The summed E-state index contributed by atoms with van der Waals surface area (Å²) in [6, 6.07) is 0.775. The molecule has 15 heavy (non-hydrogen) atoms. The van der Waals surface area contributed by atoms with E-state index in [1.165, 1.54) is 30.8 Å². The van der Waals surface area contributed by atoms with Crippen LogP contribution in [0.1, 0.15) is 40.5 Å². The zero-order valence-electron chi connectivity index (χ0n) is 11.3. The number of hydrogen-bond acceptors (Lipinski definition) is 2. The second kappa shape index (κ2) is 11.5. The summed E-state index contributed by atoms with van der Waals surface area (Å²) in [4.78, 5) is 13.4. The summed E-state index contributed by atoms with van der Waals surface area (Å²) in [5.41, 5.74) is 0. The van der Waals surface area contributed by atoms with Gasteiger partial charge in [-0.3, -0.25) is 4.79 Å². The van der Waals surface area contributed by atoms with Gasteiger partial charge in [0.05, 0.1) is 0 Å². The van der Waals surface area contributed by atoms with Crippen LogP contribution in [0.15, 0.2) is 0 Å². The van der Waals surface area contributed by atoms with Crippen molar-refractivity contribution in [1.29, 1.82) is 0 Å². The molecule has 1 rings (SSSR count). The smallest absolute Gasteiger partial charge is 0.209 e. The van der Waals surface area contributed by atoms with Gasteiger partial charge in [0.2, 0.25) is 6.41 Å². The lowest BCUT2D eigenvalue weighted by Gasteiger charge is -2.18. The van der Waals surface area contributed by atoms with Crippen LogP contribution >= 0.6 is 0 Å². The van der Waals surface area contributed by atoms with E-state index in [1.54, 1.807) is 14.1 Å². The van der Waals surface area contributed by atoms with Crippen molar-refractivity contribution in [3.8, 4) is 0 Å². The molecule has 0 spiro atoms. The molecule has 3 heteroatoms. The molecule has 1 saturated heterocycles.